The van der Waals surface area contributed by atoms with Crippen molar-refractivity contribution in [2.75, 3.05) is 5.43 Å². The summed E-state index contributed by atoms with van der Waals surface area (Å²) in [6.07, 6.45) is 0.189. The van der Waals surface area contributed by atoms with Gasteiger partial charge < -0.3 is 0 Å². The maximum atomic E-state index is 12.5. The number of nitrogens with zero attached hydrogens (tertiary/aromatic N) is 2. The van der Waals surface area contributed by atoms with E-state index in [9.17, 15) is 9.59 Å². The minimum Gasteiger partial charge on any atom is -0.277 e. The summed E-state index contributed by atoms with van der Waals surface area (Å²) in [5, 5.41) is 1.16. The average Bonchev–Trinajstić information content (AvgIpc) is 2.62. The first-order valence-electron chi connectivity index (χ1n) is 7.87. The van der Waals surface area contributed by atoms with E-state index in [0.717, 1.165) is 5.56 Å². The van der Waals surface area contributed by atoms with Crippen LogP contribution in [0.3, 0.4) is 0 Å². The van der Waals surface area contributed by atoms with Crippen LogP contribution in [-0.4, -0.2) is 15.5 Å². The Bertz CT molecular complexity index is 967. The van der Waals surface area contributed by atoms with E-state index in [-0.39, 0.29) is 17.9 Å². The molecule has 1 amide bonds. The molecule has 1 aromatic heterocycles. The lowest BCUT2D eigenvalue weighted by atomic mass is 10.1. The van der Waals surface area contributed by atoms with Crippen LogP contribution >= 0.6 is 11.6 Å². The molecule has 0 aliphatic rings. The van der Waals surface area contributed by atoms with Gasteiger partial charge in [0.25, 0.3) is 5.56 Å². The van der Waals surface area contributed by atoms with Crippen LogP contribution in [0.25, 0.3) is 10.9 Å². The third kappa shape index (κ3) is 3.80. The molecular weight excluding hydrogens is 340 g/mol. The fourth-order valence-corrected chi connectivity index (χ4v) is 2.64. The molecule has 25 heavy (non-hydrogen) atoms. The lowest BCUT2D eigenvalue weighted by Crippen LogP contribution is -2.35. The molecule has 0 atom stereocenters. The number of rotatable bonds is 5. The fourth-order valence-electron chi connectivity index (χ4n) is 2.51. The Balaban J connectivity index is 1.77. The summed E-state index contributed by atoms with van der Waals surface area (Å²) in [5.74, 6) is 0.0584. The monoisotopic (exact) mass is 356 g/mol. The van der Waals surface area contributed by atoms with E-state index in [4.69, 9.17) is 11.6 Å². The number of hydrogen-bond acceptors (Lipinski definition) is 4. The summed E-state index contributed by atoms with van der Waals surface area (Å²) in [4.78, 5) is 29.0. The van der Waals surface area contributed by atoms with Crippen LogP contribution in [-0.2, 0) is 17.8 Å². The fraction of sp³-hybridized carbons (Fsp3) is 0.167. The number of hydrazine groups is 1. The van der Waals surface area contributed by atoms with E-state index in [1.807, 2.05) is 13.0 Å². The summed E-state index contributed by atoms with van der Waals surface area (Å²) < 4.78 is 1.48. The maximum absolute atomic E-state index is 12.5. The number of carbonyl (C=O) groups is 1. The number of hydrogen-bond donors (Lipinski definition) is 2. The van der Waals surface area contributed by atoms with Crippen LogP contribution in [0.15, 0.2) is 53.3 Å². The summed E-state index contributed by atoms with van der Waals surface area (Å²) in [6.45, 7) is 2.28. The number of nitrogens with one attached hydrogen (secondary N) is 2. The molecule has 6 nitrogen and oxygen atoms in total. The van der Waals surface area contributed by atoms with Crippen molar-refractivity contribution in [2.45, 2.75) is 19.9 Å². The van der Waals surface area contributed by atoms with Gasteiger partial charge in [0.2, 0.25) is 11.9 Å². The molecule has 0 saturated carbocycles. The van der Waals surface area contributed by atoms with Gasteiger partial charge in [-0.25, -0.2) is 4.98 Å². The molecular formula is C18H17ClN4O2. The van der Waals surface area contributed by atoms with Crippen LogP contribution in [0.2, 0.25) is 5.02 Å². The number of halogens is 1. The van der Waals surface area contributed by atoms with Gasteiger partial charge in [-0.15, -0.1) is 0 Å². The molecule has 0 spiro atoms. The molecule has 0 bridgehead atoms. The van der Waals surface area contributed by atoms with Gasteiger partial charge in [0.1, 0.15) is 0 Å². The Morgan fingerprint density at radius 2 is 1.88 bits per heavy atom. The topological polar surface area (TPSA) is 76.0 Å². The second kappa shape index (κ2) is 7.36. The van der Waals surface area contributed by atoms with Gasteiger partial charge in [0.05, 0.1) is 17.3 Å². The maximum Gasteiger partial charge on any atom is 0.262 e. The minimum absolute atomic E-state index is 0.150. The minimum atomic E-state index is -0.243. The zero-order valence-corrected chi connectivity index (χ0v) is 14.4. The Hall–Kier alpha value is -2.86. The molecule has 0 aliphatic carbocycles. The third-order valence-electron chi connectivity index (χ3n) is 3.77. The largest absolute Gasteiger partial charge is 0.277 e. The second-order valence-corrected chi connectivity index (χ2v) is 5.91. The Labute approximate surface area is 149 Å². The molecule has 0 aliphatic heterocycles. The van der Waals surface area contributed by atoms with Crippen molar-refractivity contribution >= 4 is 34.4 Å². The molecule has 128 valence electrons. The van der Waals surface area contributed by atoms with Crippen molar-refractivity contribution in [3.63, 3.8) is 0 Å². The zero-order valence-electron chi connectivity index (χ0n) is 13.6. The van der Waals surface area contributed by atoms with Gasteiger partial charge in [-0.1, -0.05) is 35.9 Å². The Kier molecular flexibility index (Phi) is 5.00. The van der Waals surface area contributed by atoms with Crippen LogP contribution < -0.4 is 16.4 Å². The number of fused-ring (bicyclic) bond motifs is 1. The smallest absolute Gasteiger partial charge is 0.262 e. The van der Waals surface area contributed by atoms with E-state index in [0.29, 0.717) is 28.4 Å². The second-order valence-electron chi connectivity index (χ2n) is 5.48. The number of aromatic nitrogens is 2. The predicted molar refractivity (Wildman–Crippen MR) is 98.6 cm³/mol. The molecule has 0 saturated heterocycles. The van der Waals surface area contributed by atoms with Gasteiger partial charge in [-0.3, -0.25) is 25.0 Å². The highest BCUT2D eigenvalue weighted by molar-refractivity contribution is 6.30. The quantitative estimate of drug-likeness (QED) is 0.689. The molecule has 7 heteroatoms. The first-order valence-corrected chi connectivity index (χ1v) is 8.25. The number of anilines is 1. The normalized spacial score (nSPS) is 10.6. The molecule has 1 heterocycles. The van der Waals surface area contributed by atoms with Crippen molar-refractivity contribution in [3.05, 3.63) is 69.5 Å². The zero-order chi connectivity index (χ0) is 17.8. The Morgan fingerprint density at radius 1 is 1.16 bits per heavy atom. The highest BCUT2D eigenvalue weighted by atomic mass is 35.5. The van der Waals surface area contributed by atoms with Crippen LogP contribution in [0.4, 0.5) is 5.95 Å². The lowest BCUT2D eigenvalue weighted by molar-refractivity contribution is -0.119. The van der Waals surface area contributed by atoms with Gasteiger partial charge >= 0.3 is 0 Å². The number of carbonyl (C=O) groups excluding carboxylic acids is 1. The molecule has 0 fully saturated rings. The predicted octanol–water partition coefficient (Wildman–Crippen LogP) is 2.76. The molecule has 2 N–H and O–H groups in total. The Morgan fingerprint density at radius 3 is 2.60 bits per heavy atom. The highest BCUT2D eigenvalue weighted by Crippen LogP contribution is 2.11. The van der Waals surface area contributed by atoms with E-state index in [1.54, 1.807) is 42.5 Å². The highest BCUT2D eigenvalue weighted by Gasteiger charge is 2.10. The first kappa shape index (κ1) is 17.0. The van der Waals surface area contributed by atoms with E-state index in [1.165, 1.54) is 4.57 Å². The van der Waals surface area contributed by atoms with Crippen molar-refractivity contribution in [1.82, 2.24) is 15.0 Å². The van der Waals surface area contributed by atoms with Crippen LogP contribution in [0.1, 0.15) is 12.5 Å². The molecule has 2 aromatic carbocycles. The van der Waals surface area contributed by atoms with Crippen molar-refractivity contribution in [2.24, 2.45) is 0 Å². The standard InChI is InChI=1S/C18H17ClN4O2/c1-2-23-17(25)14-5-3-4-6-15(14)20-18(23)22-21-16(24)11-12-7-9-13(19)10-8-12/h3-10H,2,11H2,1H3,(H,20,22)(H,21,24). The first-order chi connectivity index (χ1) is 12.1. The van der Waals surface area contributed by atoms with Crippen molar-refractivity contribution in [1.29, 1.82) is 0 Å². The van der Waals surface area contributed by atoms with Gasteiger partial charge in [-0.05, 0) is 36.8 Å². The molecule has 3 rings (SSSR count). The molecule has 0 unspecified atom stereocenters. The van der Waals surface area contributed by atoms with E-state index >= 15 is 0 Å². The lowest BCUT2D eigenvalue weighted by Gasteiger charge is -2.14. The summed E-state index contributed by atoms with van der Waals surface area (Å²) in [6, 6.07) is 14.2. The number of amides is 1. The van der Waals surface area contributed by atoms with Gasteiger partial charge in [0, 0.05) is 11.6 Å². The van der Waals surface area contributed by atoms with Crippen molar-refractivity contribution in [3.8, 4) is 0 Å². The van der Waals surface area contributed by atoms with E-state index < -0.39 is 0 Å². The summed E-state index contributed by atoms with van der Waals surface area (Å²) >= 11 is 5.83. The average molecular weight is 357 g/mol. The summed E-state index contributed by atoms with van der Waals surface area (Å²) in [5.41, 5.74) is 6.60. The number of para-hydroxylation sites is 1. The SMILES string of the molecule is CCn1c(NNC(=O)Cc2ccc(Cl)cc2)nc2ccccc2c1=O. The van der Waals surface area contributed by atoms with E-state index in [2.05, 4.69) is 15.8 Å². The summed E-state index contributed by atoms with van der Waals surface area (Å²) in [7, 11) is 0. The molecule has 3 aromatic rings. The van der Waals surface area contributed by atoms with Crippen LogP contribution in [0, 0.1) is 0 Å². The van der Waals surface area contributed by atoms with Gasteiger partial charge in [-0.2, -0.15) is 0 Å². The van der Waals surface area contributed by atoms with Crippen molar-refractivity contribution < 1.29 is 4.79 Å². The van der Waals surface area contributed by atoms with Gasteiger partial charge in [0.15, 0.2) is 0 Å². The van der Waals surface area contributed by atoms with Crippen LogP contribution in [0.5, 0.6) is 0 Å². The molecule has 0 radical (unpaired) electrons. The number of benzene rings is 2. The third-order valence-corrected chi connectivity index (χ3v) is 4.02.